The van der Waals surface area contributed by atoms with Crippen LogP contribution < -0.4 is 0 Å². The SMILES string of the molecule is CC/C=C\C/C=C\C/C=C\C/C=C\CCCCC(=O)OCC(COC(=O)CCCCCCCC/C=C\C/C=C\C/C=C\CCCCCCC)OC(=O)CCCCCCCCCCCCCCCCCCCCCCC. The number of rotatable bonds is 58. The smallest absolute Gasteiger partial charge is 0.306 e. The fraction of sp³-hybridized carbons (Fsp3) is 0.754. The van der Waals surface area contributed by atoms with Crippen molar-refractivity contribution >= 4 is 17.9 Å². The van der Waals surface area contributed by atoms with E-state index in [1.807, 2.05) is 0 Å². The van der Waals surface area contributed by atoms with Crippen LogP contribution in [0.3, 0.4) is 0 Å². The Morgan fingerprint density at radius 2 is 0.520 bits per heavy atom. The third-order valence-electron chi connectivity index (χ3n) is 13.9. The Bertz CT molecular complexity index is 1430. The molecular formula is C69H120O6. The summed E-state index contributed by atoms with van der Waals surface area (Å²) in [4.78, 5) is 38.3. The van der Waals surface area contributed by atoms with Crippen molar-refractivity contribution in [2.75, 3.05) is 13.2 Å². The largest absolute Gasteiger partial charge is 0.462 e. The van der Waals surface area contributed by atoms with Crippen molar-refractivity contribution in [1.82, 2.24) is 0 Å². The molecule has 1 unspecified atom stereocenters. The molecule has 0 amide bonds. The van der Waals surface area contributed by atoms with Crippen LogP contribution in [0.5, 0.6) is 0 Å². The van der Waals surface area contributed by atoms with Crippen LogP contribution in [0.4, 0.5) is 0 Å². The molecule has 6 heteroatoms. The van der Waals surface area contributed by atoms with Gasteiger partial charge in [0.15, 0.2) is 6.10 Å². The van der Waals surface area contributed by atoms with Crippen LogP contribution in [0.25, 0.3) is 0 Å². The highest BCUT2D eigenvalue weighted by molar-refractivity contribution is 5.71. The molecule has 432 valence electrons. The van der Waals surface area contributed by atoms with Crippen LogP contribution in [-0.2, 0) is 28.6 Å². The Morgan fingerprint density at radius 1 is 0.280 bits per heavy atom. The van der Waals surface area contributed by atoms with E-state index >= 15 is 0 Å². The van der Waals surface area contributed by atoms with Crippen LogP contribution in [0, 0.1) is 0 Å². The lowest BCUT2D eigenvalue weighted by Gasteiger charge is -2.18. The number of carbonyl (C=O) groups excluding carboxylic acids is 3. The Kier molecular flexibility index (Phi) is 60.3. The highest BCUT2D eigenvalue weighted by Crippen LogP contribution is 2.17. The van der Waals surface area contributed by atoms with Gasteiger partial charge in [-0.2, -0.15) is 0 Å². The first-order valence-electron chi connectivity index (χ1n) is 32.1. The quantitative estimate of drug-likeness (QED) is 0.0261. The Labute approximate surface area is 465 Å². The van der Waals surface area contributed by atoms with E-state index in [1.54, 1.807) is 0 Å². The summed E-state index contributed by atoms with van der Waals surface area (Å²) in [6.07, 6.45) is 83.1. The first-order chi connectivity index (χ1) is 37.0. The van der Waals surface area contributed by atoms with Gasteiger partial charge in [0, 0.05) is 19.3 Å². The standard InChI is InChI=1S/C69H120O6/c1-4-7-10-13-16-19-22-25-28-30-32-34-36-38-41-44-47-50-53-56-59-62-68(71)74-65-66(64-73-67(70)61-58-55-52-49-46-43-40-27-24-21-18-15-12-9-6-3)75-69(72)63-60-57-54-51-48-45-42-39-37-35-33-31-29-26-23-20-17-14-11-8-5-2/h9,12,18,21-22,25,27,30,32,36,38,40,46,49,66H,4-8,10-11,13-17,19-20,23-24,26,28-29,31,33-35,37,39,41-45,47-48,50-65H2,1-3H3/b12-9-,21-18-,25-22-,32-30-,38-36-,40-27-,49-46-. The van der Waals surface area contributed by atoms with Crippen molar-refractivity contribution in [3.63, 3.8) is 0 Å². The summed E-state index contributed by atoms with van der Waals surface area (Å²) in [5.41, 5.74) is 0. The van der Waals surface area contributed by atoms with Gasteiger partial charge >= 0.3 is 17.9 Å². The van der Waals surface area contributed by atoms with E-state index in [4.69, 9.17) is 14.2 Å². The van der Waals surface area contributed by atoms with Crippen molar-refractivity contribution in [3.8, 4) is 0 Å². The third-order valence-corrected chi connectivity index (χ3v) is 13.9. The molecule has 0 saturated heterocycles. The van der Waals surface area contributed by atoms with Crippen LogP contribution in [0.15, 0.2) is 85.1 Å². The van der Waals surface area contributed by atoms with Gasteiger partial charge in [-0.1, -0.05) is 286 Å². The molecule has 0 aliphatic heterocycles. The Morgan fingerprint density at radius 3 is 0.840 bits per heavy atom. The molecule has 0 aromatic carbocycles. The molecule has 0 spiro atoms. The van der Waals surface area contributed by atoms with E-state index in [1.165, 1.54) is 173 Å². The Hall–Kier alpha value is -3.41. The second kappa shape index (κ2) is 63.1. The first-order valence-corrected chi connectivity index (χ1v) is 32.1. The van der Waals surface area contributed by atoms with E-state index in [-0.39, 0.29) is 31.1 Å². The summed E-state index contributed by atoms with van der Waals surface area (Å²) >= 11 is 0. The van der Waals surface area contributed by atoms with E-state index in [0.29, 0.717) is 19.3 Å². The molecule has 0 heterocycles. The minimum atomic E-state index is -0.799. The van der Waals surface area contributed by atoms with Crippen molar-refractivity contribution in [2.45, 2.75) is 322 Å². The number of carbonyl (C=O) groups is 3. The highest BCUT2D eigenvalue weighted by Gasteiger charge is 2.19. The van der Waals surface area contributed by atoms with Gasteiger partial charge in [0.25, 0.3) is 0 Å². The second-order valence-electron chi connectivity index (χ2n) is 21.3. The fourth-order valence-electron chi connectivity index (χ4n) is 9.09. The minimum absolute atomic E-state index is 0.0946. The monoisotopic (exact) mass is 1040 g/mol. The van der Waals surface area contributed by atoms with Gasteiger partial charge in [0.05, 0.1) is 0 Å². The zero-order chi connectivity index (χ0) is 54.3. The van der Waals surface area contributed by atoms with Gasteiger partial charge in [0.2, 0.25) is 0 Å². The van der Waals surface area contributed by atoms with E-state index in [0.717, 1.165) is 103 Å². The Balaban J connectivity index is 4.40. The number of unbranched alkanes of at least 4 members (excludes halogenated alkanes) is 33. The van der Waals surface area contributed by atoms with Crippen LogP contribution in [0.1, 0.15) is 316 Å². The molecule has 0 fully saturated rings. The number of esters is 3. The molecule has 0 rings (SSSR count). The average Bonchev–Trinajstić information content (AvgIpc) is 3.41. The third kappa shape index (κ3) is 61.3. The predicted octanol–water partition coefficient (Wildman–Crippen LogP) is 21.9. The topological polar surface area (TPSA) is 78.9 Å². The maximum atomic E-state index is 12.9. The fourth-order valence-corrected chi connectivity index (χ4v) is 9.09. The molecule has 1 atom stereocenters. The highest BCUT2D eigenvalue weighted by atomic mass is 16.6. The molecule has 6 nitrogen and oxygen atoms in total. The number of hydrogen-bond donors (Lipinski definition) is 0. The molecule has 0 aromatic rings. The van der Waals surface area contributed by atoms with Gasteiger partial charge in [-0.3, -0.25) is 14.4 Å². The lowest BCUT2D eigenvalue weighted by molar-refractivity contribution is -0.167. The molecule has 75 heavy (non-hydrogen) atoms. The summed E-state index contributed by atoms with van der Waals surface area (Å²) in [6, 6.07) is 0. The van der Waals surface area contributed by atoms with Crippen molar-refractivity contribution in [3.05, 3.63) is 85.1 Å². The molecule has 0 saturated carbocycles. The second-order valence-corrected chi connectivity index (χ2v) is 21.3. The maximum Gasteiger partial charge on any atom is 0.306 e. The maximum absolute atomic E-state index is 12.9. The van der Waals surface area contributed by atoms with Crippen molar-refractivity contribution < 1.29 is 28.6 Å². The molecule has 0 aliphatic carbocycles. The predicted molar refractivity (Wildman–Crippen MR) is 325 cm³/mol. The zero-order valence-corrected chi connectivity index (χ0v) is 49.6. The van der Waals surface area contributed by atoms with Crippen molar-refractivity contribution in [1.29, 1.82) is 0 Å². The first kappa shape index (κ1) is 71.6. The molecule has 0 radical (unpaired) electrons. The van der Waals surface area contributed by atoms with E-state index in [2.05, 4.69) is 106 Å². The lowest BCUT2D eigenvalue weighted by atomic mass is 10.0. The van der Waals surface area contributed by atoms with Crippen molar-refractivity contribution in [2.24, 2.45) is 0 Å². The number of hydrogen-bond acceptors (Lipinski definition) is 6. The number of ether oxygens (including phenoxy) is 3. The number of allylic oxidation sites excluding steroid dienone is 14. The lowest BCUT2D eigenvalue weighted by Crippen LogP contribution is -2.30. The van der Waals surface area contributed by atoms with E-state index in [9.17, 15) is 14.4 Å². The average molecular weight is 1050 g/mol. The van der Waals surface area contributed by atoms with Gasteiger partial charge in [-0.25, -0.2) is 0 Å². The normalized spacial score (nSPS) is 12.6. The molecule has 0 aromatic heterocycles. The minimum Gasteiger partial charge on any atom is -0.462 e. The van der Waals surface area contributed by atoms with Gasteiger partial charge < -0.3 is 14.2 Å². The molecular weight excluding hydrogens is 925 g/mol. The molecule has 0 N–H and O–H groups in total. The summed E-state index contributed by atoms with van der Waals surface area (Å²) < 4.78 is 16.9. The van der Waals surface area contributed by atoms with Crippen LogP contribution in [0.2, 0.25) is 0 Å². The summed E-state index contributed by atoms with van der Waals surface area (Å²) in [6.45, 7) is 6.51. The molecule has 0 aliphatic rings. The van der Waals surface area contributed by atoms with Crippen LogP contribution >= 0.6 is 0 Å². The zero-order valence-electron chi connectivity index (χ0n) is 49.6. The molecule has 0 bridgehead atoms. The van der Waals surface area contributed by atoms with Gasteiger partial charge in [0.1, 0.15) is 13.2 Å². The summed E-state index contributed by atoms with van der Waals surface area (Å²) in [7, 11) is 0. The van der Waals surface area contributed by atoms with Gasteiger partial charge in [-0.15, -0.1) is 0 Å². The van der Waals surface area contributed by atoms with Gasteiger partial charge in [-0.05, 0) is 96.3 Å². The van der Waals surface area contributed by atoms with E-state index < -0.39 is 6.10 Å². The summed E-state index contributed by atoms with van der Waals surface area (Å²) in [5.74, 6) is -0.935. The summed E-state index contributed by atoms with van der Waals surface area (Å²) in [5, 5.41) is 0. The van der Waals surface area contributed by atoms with Crippen LogP contribution in [-0.4, -0.2) is 37.2 Å².